The fraction of sp³-hybridized carbons (Fsp3) is 0.200. The van der Waals surface area contributed by atoms with E-state index in [-0.39, 0.29) is 0 Å². The molecule has 0 bridgehead atoms. The number of hydrogen-bond donors (Lipinski definition) is 2. The second-order valence-electron chi connectivity index (χ2n) is 4.65. The molecule has 0 saturated heterocycles. The molecule has 3 rings (SSSR count). The monoisotopic (exact) mass is 278 g/mol. The lowest BCUT2D eigenvalue weighted by Crippen LogP contribution is -2.05. The number of aromatic amines is 1. The maximum absolute atomic E-state index is 9.04. The lowest BCUT2D eigenvalue weighted by Gasteiger charge is -2.07. The quantitative estimate of drug-likeness (QED) is 0.765. The average Bonchev–Trinajstić information content (AvgIpc) is 3.00. The standard InChI is InChI=1S/C15H14N6/c1-2-6-17-15-19-13(12-9-18-21-14(12)20-15)11-5-3-4-10(7-11)8-16/h3-5,7,9H,2,6H2,1H3,(H2,17,18,19,20,21). The largest absolute Gasteiger partial charge is 0.354 e. The highest BCUT2D eigenvalue weighted by molar-refractivity contribution is 5.90. The number of rotatable bonds is 4. The van der Waals surface area contributed by atoms with Crippen molar-refractivity contribution in [3.63, 3.8) is 0 Å². The third kappa shape index (κ3) is 2.54. The summed E-state index contributed by atoms with van der Waals surface area (Å²) in [6.07, 6.45) is 2.69. The lowest BCUT2D eigenvalue weighted by atomic mass is 10.1. The maximum atomic E-state index is 9.04. The summed E-state index contributed by atoms with van der Waals surface area (Å²) in [4.78, 5) is 8.96. The molecule has 0 spiro atoms. The molecule has 1 aromatic carbocycles. The van der Waals surface area contributed by atoms with Gasteiger partial charge in [0, 0.05) is 12.1 Å². The number of nitriles is 1. The van der Waals surface area contributed by atoms with Gasteiger partial charge < -0.3 is 5.32 Å². The first-order chi connectivity index (χ1) is 10.3. The van der Waals surface area contributed by atoms with Crippen LogP contribution in [0.3, 0.4) is 0 Å². The Morgan fingerprint density at radius 2 is 2.24 bits per heavy atom. The summed E-state index contributed by atoms with van der Waals surface area (Å²) in [6, 6.07) is 9.51. The Labute approximate surface area is 121 Å². The van der Waals surface area contributed by atoms with Gasteiger partial charge in [0.2, 0.25) is 5.95 Å². The maximum Gasteiger partial charge on any atom is 0.225 e. The zero-order valence-corrected chi connectivity index (χ0v) is 11.6. The molecule has 6 heteroatoms. The number of nitrogens with one attached hydrogen (secondary N) is 2. The molecule has 0 aliphatic rings. The fourth-order valence-corrected chi connectivity index (χ4v) is 2.11. The summed E-state index contributed by atoms with van der Waals surface area (Å²) >= 11 is 0. The summed E-state index contributed by atoms with van der Waals surface area (Å²) in [5.41, 5.74) is 2.93. The van der Waals surface area contributed by atoms with Crippen LogP contribution in [-0.4, -0.2) is 26.7 Å². The minimum Gasteiger partial charge on any atom is -0.354 e. The third-order valence-electron chi connectivity index (χ3n) is 3.11. The van der Waals surface area contributed by atoms with Crippen molar-refractivity contribution in [3.8, 4) is 17.3 Å². The van der Waals surface area contributed by atoms with E-state index in [0.29, 0.717) is 17.2 Å². The molecule has 0 aliphatic heterocycles. The molecule has 6 nitrogen and oxygen atoms in total. The zero-order valence-electron chi connectivity index (χ0n) is 11.6. The van der Waals surface area contributed by atoms with Crippen molar-refractivity contribution in [2.24, 2.45) is 0 Å². The minimum atomic E-state index is 0.561. The van der Waals surface area contributed by atoms with Gasteiger partial charge in [0.05, 0.1) is 28.9 Å². The van der Waals surface area contributed by atoms with E-state index in [4.69, 9.17) is 5.26 Å². The van der Waals surface area contributed by atoms with E-state index in [9.17, 15) is 0 Å². The average molecular weight is 278 g/mol. The molecule has 0 radical (unpaired) electrons. The molecule has 0 aliphatic carbocycles. The van der Waals surface area contributed by atoms with Gasteiger partial charge in [-0.2, -0.15) is 15.3 Å². The predicted octanol–water partition coefficient (Wildman–Crippen LogP) is 2.71. The van der Waals surface area contributed by atoms with Gasteiger partial charge in [0.25, 0.3) is 0 Å². The SMILES string of the molecule is CCCNc1nc(-c2cccc(C#N)c2)c2cn[nH]c2n1. The van der Waals surface area contributed by atoms with Crippen LogP contribution in [0.2, 0.25) is 0 Å². The number of aromatic nitrogens is 4. The molecule has 0 unspecified atom stereocenters. The molecule has 0 saturated carbocycles. The number of benzene rings is 1. The Morgan fingerprint density at radius 1 is 1.33 bits per heavy atom. The molecule has 2 heterocycles. The van der Waals surface area contributed by atoms with Crippen LogP contribution in [0.5, 0.6) is 0 Å². The van der Waals surface area contributed by atoms with E-state index in [0.717, 1.165) is 29.6 Å². The summed E-state index contributed by atoms with van der Waals surface area (Å²) in [7, 11) is 0. The Hall–Kier alpha value is -2.94. The van der Waals surface area contributed by atoms with Gasteiger partial charge in [-0.15, -0.1) is 0 Å². The fourth-order valence-electron chi connectivity index (χ4n) is 2.11. The smallest absolute Gasteiger partial charge is 0.225 e. The summed E-state index contributed by atoms with van der Waals surface area (Å²) in [5, 5.41) is 20.0. The second kappa shape index (κ2) is 5.59. The Morgan fingerprint density at radius 3 is 3.05 bits per heavy atom. The van der Waals surface area contributed by atoms with Crippen molar-refractivity contribution >= 4 is 17.0 Å². The molecule has 0 fully saturated rings. The van der Waals surface area contributed by atoms with Crippen molar-refractivity contribution < 1.29 is 0 Å². The van der Waals surface area contributed by atoms with Crippen molar-refractivity contribution in [2.75, 3.05) is 11.9 Å². The van der Waals surface area contributed by atoms with E-state index >= 15 is 0 Å². The minimum absolute atomic E-state index is 0.561. The van der Waals surface area contributed by atoms with Gasteiger partial charge in [-0.25, -0.2) is 4.98 Å². The normalized spacial score (nSPS) is 10.5. The van der Waals surface area contributed by atoms with E-state index in [1.165, 1.54) is 0 Å². The number of nitrogens with zero attached hydrogens (tertiary/aromatic N) is 4. The van der Waals surface area contributed by atoms with E-state index in [1.807, 2.05) is 18.2 Å². The zero-order chi connectivity index (χ0) is 14.7. The highest BCUT2D eigenvalue weighted by Crippen LogP contribution is 2.26. The summed E-state index contributed by atoms with van der Waals surface area (Å²) in [5.74, 6) is 0.561. The van der Waals surface area contributed by atoms with Gasteiger partial charge in [0.1, 0.15) is 0 Å². The number of hydrogen-bond acceptors (Lipinski definition) is 5. The van der Waals surface area contributed by atoms with Gasteiger partial charge in [-0.3, -0.25) is 5.10 Å². The van der Waals surface area contributed by atoms with Crippen molar-refractivity contribution in [1.29, 1.82) is 5.26 Å². The summed E-state index contributed by atoms with van der Waals surface area (Å²) in [6.45, 7) is 2.89. The topological polar surface area (TPSA) is 90.3 Å². The van der Waals surface area contributed by atoms with Crippen LogP contribution < -0.4 is 5.32 Å². The molecular weight excluding hydrogens is 264 g/mol. The van der Waals surface area contributed by atoms with Crippen molar-refractivity contribution in [3.05, 3.63) is 36.0 Å². The molecule has 2 aromatic heterocycles. The molecule has 2 N–H and O–H groups in total. The van der Waals surface area contributed by atoms with E-state index in [2.05, 4.69) is 38.5 Å². The van der Waals surface area contributed by atoms with Gasteiger partial charge in [-0.05, 0) is 18.6 Å². The second-order valence-corrected chi connectivity index (χ2v) is 4.65. The van der Waals surface area contributed by atoms with Gasteiger partial charge in [0.15, 0.2) is 5.65 Å². The molecule has 0 amide bonds. The number of anilines is 1. The van der Waals surface area contributed by atoms with Crippen molar-refractivity contribution in [2.45, 2.75) is 13.3 Å². The number of fused-ring (bicyclic) bond motifs is 1. The Bertz CT molecular complexity index is 814. The Balaban J connectivity index is 2.15. The molecular formula is C15H14N6. The number of H-pyrrole nitrogens is 1. The lowest BCUT2D eigenvalue weighted by molar-refractivity contribution is 0.955. The first-order valence-electron chi connectivity index (χ1n) is 6.77. The first kappa shape index (κ1) is 13.1. The summed E-state index contributed by atoms with van der Waals surface area (Å²) < 4.78 is 0. The molecule has 3 aromatic rings. The first-order valence-corrected chi connectivity index (χ1v) is 6.77. The highest BCUT2D eigenvalue weighted by atomic mass is 15.2. The highest BCUT2D eigenvalue weighted by Gasteiger charge is 2.11. The molecule has 0 atom stereocenters. The predicted molar refractivity (Wildman–Crippen MR) is 80.6 cm³/mol. The van der Waals surface area contributed by atoms with Crippen LogP contribution in [0.25, 0.3) is 22.3 Å². The molecule has 104 valence electrons. The van der Waals surface area contributed by atoms with Crippen LogP contribution in [-0.2, 0) is 0 Å². The van der Waals surface area contributed by atoms with Crippen LogP contribution in [0, 0.1) is 11.3 Å². The van der Waals surface area contributed by atoms with Gasteiger partial charge >= 0.3 is 0 Å². The van der Waals surface area contributed by atoms with E-state index in [1.54, 1.807) is 12.3 Å². The van der Waals surface area contributed by atoms with Crippen molar-refractivity contribution in [1.82, 2.24) is 20.2 Å². The molecule has 21 heavy (non-hydrogen) atoms. The third-order valence-corrected chi connectivity index (χ3v) is 3.11. The van der Waals surface area contributed by atoms with Gasteiger partial charge in [-0.1, -0.05) is 19.1 Å². The van der Waals surface area contributed by atoms with Crippen LogP contribution in [0.4, 0.5) is 5.95 Å². The Kier molecular flexibility index (Phi) is 3.48. The van der Waals surface area contributed by atoms with Crippen LogP contribution in [0.1, 0.15) is 18.9 Å². The van der Waals surface area contributed by atoms with E-state index < -0.39 is 0 Å². The van der Waals surface area contributed by atoms with Crippen LogP contribution in [0.15, 0.2) is 30.5 Å². The van der Waals surface area contributed by atoms with Crippen LogP contribution >= 0.6 is 0 Å².